The van der Waals surface area contributed by atoms with Gasteiger partial charge in [0.05, 0.1) is 9.79 Å². The van der Waals surface area contributed by atoms with Crippen LogP contribution in [0.3, 0.4) is 0 Å². The molecular formula is C19H20N2O4S2. The zero-order chi connectivity index (χ0) is 19.4. The molecule has 1 aliphatic rings. The highest BCUT2D eigenvalue weighted by Crippen LogP contribution is 2.31. The lowest BCUT2D eigenvalue weighted by Crippen LogP contribution is -2.36. The minimum absolute atomic E-state index is 0.0106. The maximum absolute atomic E-state index is 13.3. The molecule has 142 valence electrons. The molecule has 0 saturated carbocycles. The third kappa shape index (κ3) is 3.07. The van der Waals surface area contributed by atoms with E-state index in [2.05, 4.69) is 4.98 Å². The van der Waals surface area contributed by atoms with Crippen LogP contribution in [0.5, 0.6) is 0 Å². The number of hydrogen-bond acceptors (Lipinski definition) is 4. The van der Waals surface area contributed by atoms with Gasteiger partial charge in [0.15, 0.2) is 9.84 Å². The second kappa shape index (κ2) is 6.19. The van der Waals surface area contributed by atoms with Crippen LogP contribution in [0, 0.1) is 6.92 Å². The first-order chi connectivity index (χ1) is 12.7. The second-order valence-electron chi connectivity index (χ2n) is 6.92. The molecule has 1 aliphatic heterocycles. The number of fused-ring (bicyclic) bond motifs is 3. The molecule has 27 heavy (non-hydrogen) atoms. The van der Waals surface area contributed by atoms with Crippen LogP contribution in [0.2, 0.25) is 0 Å². The molecule has 8 heteroatoms. The van der Waals surface area contributed by atoms with Crippen LogP contribution in [0.1, 0.15) is 16.8 Å². The number of benzene rings is 2. The number of rotatable bonds is 3. The van der Waals surface area contributed by atoms with E-state index in [0.717, 1.165) is 28.4 Å². The fraction of sp³-hybridized carbons (Fsp3) is 0.263. The van der Waals surface area contributed by atoms with Crippen molar-refractivity contribution in [1.82, 2.24) is 9.29 Å². The quantitative estimate of drug-likeness (QED) is 0.727. The Bertz CT molecular complexity index is 1260. The van der Waals surface area contributed by atoms with Gasteiger partial charge in [-0.05, 0) is 36.2 Å². The lowest BCUT2D eigenvalue weighted by molar-refractivity contribution is 0.391. The van der Waals surface area contributed by atoms with E-state index in [9.17, 15) is 16.8 Å². The first-order valence-corrected chi connectivity index (χ1v) is 11.9. The predicted molar refractivity (Wildman–Crippen MR) is 104 cm³/mol. The van der Waals surface area contributed by atoms with Gasteiger partial charge in [-0.1, -0.05) is 24.3 Å². The van der Waals surface area contributed by atoms with Crippen molar-refractivity contribution < 1.29 is 16.8 Å². The highest BCUT2D eigenvalue weighted by atomic mass is 32.2. The Kier molecular flexibility index (Phi) is 4.17. The monoisotopic (exact) mass is 404 g/mol. The van der Waals surface area contributed by atoms with Gasteiger partial charge in [-0.25, -0.2) is 16.8 Å². The molecule has 0 saturated heterocycles. The highest BCUT2D eigenvalue weighted by Gasteiger charge is 2.31. The van der Waals surface area contributed by atoms with E-state index >= 15 is 0 Å². The van der Waals surface area contributed by atoms with Crippen LogP contribution in [0.15, 0.2) is 52.3 Å². The van der Waals surface area contributed by atoms with E-state index in [-0.39, 0.29) is 16.3 Å². The Morgan fingerprint density at radius 2 is 1.78 bits per heavy atom. The SMILES string of the molecule is Cc1ccc(S(C)(=O)=O)cc1S(=O)(=O)N1CCc2[nH]c3ccccc3c2C1. The molecule has 0 fully saturated rings. The van der Waals surface area contributed by atoms with Gasteiger partial charge in [-0.15, -0.1) is 0 Å². The van der Waals surface area contributed by atoms with Crippen molar-refractivity contribution in [3.05, 3.63) is 59.3 Å². The fourth-order valence-corrected chi connectivity index (χ4v) is 5.96. The number of nitrogens with one attached hydrogen (secondary N) is 1. The average molecular weight is 405 g/mol. The molecule has 4 rings (SSSR count). The van der Waals surface area contributed by atoms with Gasteiger partial charge in [0.1, 0.15) is 0 Å². The van der Waals surface area contributed by atoms with E-state index in [1.807, 2.05) is 24.3 Å². The smallest absolute Gasteiger partial charge is 0.243 e. The van der Waals surface area contributed by atoms with E-state index < -0.39 is 19.9 Å². The molecule has 0 aliphatic carbocycles. The van der Waals surface area contributed by atoms with Gasteiger partial charge in [-0.2, -0.15) is 4.31 Å². The molecule has 0 unspecified atom stereocenters. The van der Waals surface area contributed by atoms with E-state index in [0.29, 0.717) is 18.5 Å². The molecule has 0 bridgehead atoms. The number of H-pyrrole nitrogens is 1. The molecule has 0 radical (unpaired) electrons. The van der Waals surface area contributed by atoms with Gasteiger partial charge in [0.25, 0.3) is 0 Å². The Labute approximate surface area is 158 Å². The summed E-state index contributed by atoms with van der Waals surface area (Å²) in [5.74, 6) is 0. The number of sulfone groups is 1. The molecule has 0 spiro atoms. The zero-order valence-electron chi connectivity index (χ0n) is 15.1. The van der Waals surface area contributed by atoms with Crippen LogP contribution in [0.25, 0.3) is 10.9 Å². The molecular weight excluding hydrogens is 384 g/mol. The fourth-order valence-electron chi connectivity index (χ4n) is 3.57. The minimum Gasteiger partial charge on any atom is -0.358 e. The van der Waals surface area contributed by atoms with Crippen molar-refractivity contribution >= 4 is 30.8 Å². The van der Waals surface area contributed by atoms with Crippen LogP contribution >= 0.6 is 0 Å². The minimum atomic E-state index is -3.81. The van der Waals surface area contributed by atoms with E-state index in [4.69, 9.17) is 0 Å². The molecule has 6 nitrogen and oxygen atoms in total. The topological polar surface area (TPSA) is 87.3 Å². The lowest BCUT2D eigenvalue weighted by atomic mass is 10.1. The van der Waals surface area contributed by atoms with Crippen molar-refractivity contribution in [3.63, 3.8) is 0 Å². The molecule has 1 N–H and O–H groups in total. The van der Waals surface area contributed by atoms with Gasteiger partial charge in [0.2, 0.25) is 10.0 Å². The Morgan fingerprint density at radius 1 is 1.04 bits per heavy atom. The number of para-hydroxylation sites is 1. The third-order valence-corrected chi connectivity index (χ3v) is 8.15. The number of sulfonamides is 1. The summed E-state index contributed by atoms with van der Waals surface area (Å²) >= 11 is 0. The molecule has 0 amide bonds. The van der Waals surface area contributed by atoms with Gasteiger partial charge < -0.3 is 4.98 Å². The summed E-state index contributed by atoms with van der Waals surface area (Å²) in [6.07, 6.45) is 1.67. The predicted octanol–water partition coefficient (Wildman–Crippen LogP) is 2.63. The van der Waals surface area contributed by atoms with Crippen LogP contribution in [-0.4, -0.2) is 38.9 Å². The standard InChI is InChI=1S/C19H20N2O4S2/c1-13-7-8-14(26(2,22)23)11-19(13)27(24,25)21-10-9-18-16(12-21)15-5-3-4-6-17(15)20-18/h3-8,11,20H,9-10,12H2,1-2H3. The van der Waals surface area contributed by atoms with Crippen LogP contribution in [0.4, 0.5) is 0 Å². The van der Waals surface area contributed by atoms with Crippen LogP contribution in [-0.2, 0) is 32.8 Å². The Balaban J connectivity index is 1.78. The summed E-state index contributed by atoms with van der Waals surface area (Å²) in [7, 11) is -7.30. The number of nitrogens with zero attached hydrogens (tertiary/aromatic N) is 1. The van der Waals surface area contributed by atoms with Crippen molar-refractivity contribution in [2.45, 2.75) is 29.7 Å². The first kappa shape index (κ1) is 18.2. The Hall–Kier alpha value is -2.16. The number of aromatic amines is 1. The summed E-state index contributed by atoms with van der Waals surface area (Å²) in [6.45, 7) is 2.30. The van der Waals surface area contributed by atoms with Crippen molar-refractivity contribution in [2.75, 3.05) is 12.8 Å². The molecule has 1 aromatic heterocycles. The summed E-state index contributed by atoms with van der Waals surface area (Å²) < 4.78 is 51.7. The number of hydrogen-bond donors (Lipinski definition) is 1. The highest BCUT2D eigenvalue weighted by molar-refractivity contribution is 7.91. The zero-order valence-corrected chi connectivity index (χ0v) is 16.7. The largest absolute Gasteiger partial charge is 0.358 e. The molecule has 2 heterocycles. The Morgan fingerprint density at radius 3 is 2.52 bits per heavy atom. The van der Waals surface area contributed by atoms with Crippen molar-refractivity contribution in [1.29, 1.82) is 0 Å². The van der Waals surface area contributed by atoms with Crippen molar-refractivity contribution in [3.8, 4) is 0 Å². The van der Waals surface area contributed by atoms with E-state index in [1.54, 1.807) is 13.0 Å². The summed E-state index contributed by atoms with van der Waals surface area (Å²) in [5, 5.41) is 1.02. The molecule has 2 aromatic carbocycles. The number of aryl methyl sites for hydroxylation is 1. The van der Waals surface area contributed by atoms with Gasteiger partial charge in [0, 0.05) is 42.4 Å². The normalized spacial score (nSPS) is 15.8. The first-order valence-electron chi connectivity index (χ1n) is 8.57. The van der Waals surface area contributed by atoms with Crippen LogP contribution < -0.4 is 0 Å². The number of aromatic nitrogens is 1. The molecule has 3 aromatic rings. The van der Waals surface area contributed by atoms with E-state index in [1.165, 1.54) is 16.4 Å². The van der Waals surface area contributed by atoms with Gasteiger partial charge >= 0.3 is 0 Å². The van der Waals surface area contributed by atoms with Gasteiger partial charge in [-0.3, -0.25) is 0 Å². The molecule has 0 atom stereocenters. The maximum atomic E-state index is 13.3. The average Bonchev–Trinajstić information content (AvgIpc) is 2.98. The summed E-state index contributed by atoms with van der Waals surface area (Å²) in [4.78, 5) is 3.43. The third-order valence-electron chi connectivity index (χ3n) is 5.05. The maximum Gasteiger partial charge on any atom is 0.243 e. The summed E-state index contributed by atoms with van der Waals surface area (Å²) in [6, 6.07) is 12.1. The lowest BCUT2D eigenvalue weighted by Gasteiger charge is -2.27. The summed E-state index contributed by atoms with van der Waals surface area (Å²) in [5.41, 5.74) is 3.57. The van der Waals surface area contributed by atoms with Crippen molar-refractivity contribution in [2.24, 2.45) is 0 Å². The second-order valence-corrected chi connectivity index (χ2v) is 10.8.